The number of hydrogen-bond acceptors (Lipinski definition) is 3. The molecular weight excluding hydrogens is 213 g/mol. The molecule has 0 unspecified atom stereocenters. The summed E-state index contributed by atoms with van der Waals surface area (Å²) < 4.78 is 50.0. The van der Waals surface area contributed by atoms with E-state index in [4.69, 9.17) is 9.47 Å². The molecule has 0 amide bonds. The fraction of sp³-hybridized carbons (Fsp3) is 0.333. The summed E-state index contributed by atoms with van der Waals surface area (Å²) in [6.07, 6.45) is -4.34. The molecule has 0 aromatic heterocycles. The maximum Gasteiger partial charge on any atom is 0.422 e. The van der Waals surface area contributed by atoms with Crippen LogP contribution in [0.3, 0.4) is 0 Å². The lowest BCUT2D eigenvalue weighted by Gasteiger charge is -2.09. The van der Waals surface area contributed by atoms with Gasteiger partial charge in [0.25, 0.3) is 0 Å². The van der Waals surface area contributed by atoms with Crippen LogP contribution in [0, 0.1) is 0 Å². The van der Waals surface area contributed by atoms with Crippen molar-refractivity contribution in [1.82, 2.24) is 0 Å². The van der Waals surface area contributed by atoms with E-state index in [1.54, 1.807) is 0 Å². The zero-order valence-electron chi connectivity index (χ0n) is 7.50. The van der Waals surface area contributed by atoms with Crippen LogP contribution in [0.15, 0.2) is 18.2 Å². The zero-order chi connectivity index (χ0) is 10.9. The molecule has 1 aliphatic heterocycles. The highest BCUT2D eigenvalue weighted by Gasteiger charge is 2.28. The minimum atomic E-state index is -4.34. The van der Waals surface area contributed by atoms with Gasteiger partial charge in [0.15, 0.2) is 18.1 Å². The molecule has 0 spiro atoms. The van der Waals surface area contributed by atoms with E-state index in [0.29, 0.717) is 11.5 Å². The lowest BCUT2D eigenvalue weighted by atomic mass is 10.3. The van der Waals surface area contributed by atoms with Gasteiger partial charge >= 0.3 is 6.18 Å². The van der Waals surface area contributed by atoms with Crippen molar-refractivity contribution >= 4 is 0 Å². The van der Waals surface area contributed by atoms with Crippen LogP contribution >= 0.6 is 0 Å². The predicted molar refractivity (Wildman–Crippen MR) is 44.1 cm³/mol. The summed E-state index contributed by atoms with van der Waals surface area (Å²) >= 11 is 0. The Morgan fingerprint density at radius 2 is 1.93 bits per heavy atom. The summed E-state index contributed by atoms with van der Waals surface area (Å²) in [5.41, 5.74) is 0. The third kappa shape index (κ3) is 2.45. The Kier molecular flexibility index (Phi) is 2.34. The van der Waals surface area contributed by atoms with Crippen molar-refractivity contribution in [3.05, 3.63) is 18.2 Å². The van der Waals surface area contributed by atoms with E-state index in [0.717, 1.165) is 0 Å². The molecule has 3 nitrogen and oxygen atoms in total. The first-order valence-corrected chi connectivity index (χ1v) is 4.14. The number of fused-ring (bicyclic) bond motifs is 1. The van der Waals surface area contributed by atoms with Gasteiger partial charge in [0, 0.05) is 6.07 Å². The number of alkyl halides is 3. The molecule has 1 aliphatic rings. The summed E-state index contributed by atoms with van der Waals surface area (Å²) in [5, 5.41) is 0. The second-order valence-electron chi connectivity index (χ2n) is 2.92. The third-order valence-corrected chi connectivity index (χ3v) is 1.75. The highest BCUT2D eigenvalue weighted by molar-refractivity contribution is 5.46. The molecular formula is C9H7F3O3. The monoisotopic (exact) mass is 220 g/mol. The van der Waals surface area contributed by atoms with Crippen LogP contribution in [0.5, 0.6) is 17.2 Å². The minimum Gasteiger partial charge on any atom is -0.484 e. The van der Waals surface area contributed by atoms with Crippen molar-refractivity contribution in [2.45, 2.75) is 6.18 Å². The second kappa shape index (κ2) is 3.52. The van der Waals surface area contributed by atoms with E-state index in [2.05, 4.69) is 4.74 Å². The van der Waals surface area contributed by atoms with Crippen molar-refractivity contribution < 1.29 is 27.4 Å². The summed E-state index contributed by atoms with van der Waals surface area (Å²) in [6.45, 7) is -1.23. The van der Waals surface area contributed by atoms with E-state index in [1.165, 1.54) is 18.2 Å². The van der Waals surface area contributed by atoms with E-state index < -0.39 is 12.8 Å². The number of halogens is 3. The highest BCUT2D eigenvalue weighted by atomic mass is 19.4. The maximum absolute atomic E-state index is 11.8. The Balaban J connectivity index is 2.04. The van der Waals surface area contributed by atoms with Gasteiger partial charge in [0.2, 0.25) is 6.79 Å². The molecule has 0 fully saturated rings. The summed E-state index contributed by atoms with van der Waals surface area (Å²) in [6, 6.07) is 4.28. The van der Waals surface area contributed by atoms with Crippen LogP contribution in [0.25, 0.3) is 0 Å². The number of rotatable bonds is 2. The molecule has 15 heavy (non-hydrogen) atoms. The number of benzene rings is 1. The summed E-state index contributed by atoms with van der Waals surface area (Å²) in [5.74, 6) is 1.01. The van der Waals surface area contributed by atoms with Gasteiger partial charge in [0.1, 0.15) is 5.75 Å². The molecule has 0 radical (unpaired) electrons. The van der Waals surface area contributed by atoms with E-state index >= 15 is 0 Å². The van der Waals surface area contributed by atoms with E-state index in [1.807, 2.05) is 0 Å². The Hall–Kier alpha value is -1.59. The lowest BCUT2D eigenvalue weighted by molar-refractivity contribution is -0.153. The maximum atomic E-state index is 11.8. The van der Waals surface area contributed by atoms with E-state index in [-0.39, 0.29) is 12.5 Å². The molecule has 0 bridgehead atoms. The summed E-state index contributed by atoms with van der Waals surface area (Å²) in [4.78, 5) is 0. The molecule has 0 atom stereocenters. The van der Waals surface area contributed by atoms with Crippen molar-refractivity contribution in [2.24, 2.45) is 0 Å². The normalized spacial score (nSPS) is 14.1. The number of ether oxygens (including phenoxy) is 3. The van der Waals surface area contributed by atoms with Crippen LogP contribution in [-0.2, 0) is 0 Å². The van der Waals surface area contributed by atoms with Crippen LogP contribution in [0.2, 0.25) is 0 Å². The molecule has 1 aromatic carbocycles. The zero-order valence-corrected chi connectivity index (χ0v) is 7.50. The van der Waals surface area contributed by atoms with Crippen molar-refractivity contribution in [3.8, 4) is 17.2 Å². The second-order valence-corrected chi connectivity index (χ2v) is 2.92. The van der Waals surface area contributed by atoms with Crippen molar-refractivity contribution in [1.29, 1.82) is 0 Å². The van der Waals surface area contributed by atoms with Gasteiger partial charge in [-0.15, -0.1) is 0 Å². The smallest absolute Gasteiger partial charge is 0.422 e. The molecule has 0 saturated carbocycles. The molecule has 6 heteroatoms. The highest BCUT2D eigenvalue weighted by Crippen LogP contribution is 2.35. The Morgan fingerprint density at radius 3 is 2.67 bits per heavy atom. The molecule has 0 saturated heterocycles. The lowest BCUT2D eigenvalue weighted by Crippen LogP contribution is -2.19. The average Bonchev–Trinajstić information content (AvgIpc) is 2.60. The molecule has 1 heterocycles. The summed E-state index contributed by atoms with van der Waals surface area (Å²) in [7, 11) is 0. The fourth-order valence-corrected chi connectivity index (χ4v) is 1.13. The average molecular weight is 220 g/mol. The molecule has 0 N–H and O–H groups in total. The van der Waals surface area contributed by atoms with Gasteiger partial charge in [-0.05, 0) is 12.1 Å². The molecule has 1 aromatic rings. The van der Waals surface area contributed by atoms with Gasteiger partial charge in [-0.2, -0.15) is 13.2 Å². The van der Waals surface area contributed by atoms with Crippen molar-refractivity contribution in [2.75, 3.05) is 13.4 Å². The van der Waals surface area contributed by atoms with Gasteiger partial charge in [-0.1, -0.05) is 0 Å². The predicted octanol–water partition coefficient (Wildman–Crippen LogP) is 2.36. The van der Waals surface area contributed by atoms with Gasteiger partial charge in [-0.25, -0.2) is 0 Å². The standard InChI is InChI=1S/C9H7F3O3/c10-9(11,12)4-13-6-1-2-7-8(3-6)15-5-14-7/h1-3H,4-5H2. The first-order chi connectivity index (χ1) is 7.04. The largest absolute Gasteiger partial charge is 0.484 e. The van der Waals surface area contributed by atoms with Crippen LogP contribution < -0.4 is 14.2 Å². The number of hydrogen-bond donors (Lipinski definition) is 0. The first-order valence-electron chi connectivity index (χ1n) is 4.14. The van der Waals surface area contributed by atoms with Crippen LogP contribution in [0.1, 0.15) is 0 Å². The van der Waals surface area contributed by atoms with E-state index in [9.17, 15) is 13.2 Å². The molecule has 0 aliphatic carbocycles. The SMILES string of the molecule is FC(F)(F)COc1ccc2c(c1)OCO2. The topological polar surface area (TPSA) is 27.7 Å². The van der Waals surface area contributed by atoms with Crippen LogP contribution in [-0.4, -0.2) is 19.6 Å². The van der Waals surface area contributed by atoms with Gasteiger partial charge in [-0.3, -0.25) is 0 Å². The van der Waals surface area contributed by atoms with Crippen molar-refractivity contribution in [3.63, 3.8) is 0 Å². The quantitative estimate of drug-likeness (QED) is 0.765. The van der Waals surface area contributed by atoms with Crippen LogP contribution in [0.4, 0.5) is 13.2 Å². The Bertz CT molecular complexity index is 362. The molecule has 82 valence electrons. The fourth-order valence-electron chi connectivity index (χ4n) is 1.13. The Morgan fingerprint density at radius 1 is 1.20 bits per heavy atom. The molecule has 2 rings (SSSR count). The third-order valence-electron chi connectivity index (χ3n) is 1.75. The Labute approximate surface area is 83.4 Å². The van der Waals surface area contributed by atoms with Gasteiger partial charge < -0.3 is 14.2 Å². The first kappa shape index (κ1) is 9.95. The van der Waals surface area contributed by atoms with Gasteiger partial charge in [0.05, 0.1) is 0 Å². The minimum absolute atomic E-state index is 0.0814.